The van der Waals surface area contributed by atoms with Crippen molar-refractivity contribution < 1.29 is 4.79 Å². The number of nitrogens with two attached hydrogens (primary N) is 3. The standard InChI is InChI=1S/C7H16N4O/c1-5(6(8)12)3-2-4-11-7(9)10/h5H,2-4H2,1H3,(H2,8,12)(H4,9,10,11)/t5-/m0/s1. The van der Waals surface area contributed by atoms with Crippen LogP contribution in [0, 0.1) is 5.92 Å². The van der Waals surface area contributed by atoms with Crippen LogP contribution in [0.4, 0.5) is 0 Å². The number of guanidine groups is 1. The molecule has 0 aromatic carbocycles. The number of hydrogen-bond donors (Lipinski definition) is 3. The van der Waals surface area contributed by atoms with E-state index in [2.05, 4.69) is 4.99 Å². The molecule has 70 valence electrons. The summed E-state index contributed by atoms with van der Waals surface area (Å²) < 4.78 is 0. The van der Waals surface area contributed by atoms with Gasteiger partial charge in [0.1, 0.15) is 0 Å². The summed E-state index contributed by atoms with van der Waals surface area (Å²) >= 11 is 0. The molecule has 0 aromatic rings. The second-order valence-corrected chi connectivity index (χ2v) is 2.75. The number of hydrogen-bond acceptors (Lipinski definition) is 2. The lowest BCUT2D eigenvalue weighted by Gasteiger charge is -2.04. The Kier molecular flexibility index (Phi) is 4.83. The van der Waals surface area contributed by atoms with Gasteiger partial charge in [-0.2, -0.15) is 0 Å². The Morgan fingerprint density at radius 3 is 2.42 bits per heavy atom. The summed E-state index contributed by atoms with van der Waals surface area (Å²) in [6, 6.07) is 0. The van der Waals surface area contributed by atoms with E-state index in [9.17, 15) is 4.79 Å². The molecular weight excluding hydrogens is 156 g/mol. The Labute approximate surface area is 72.0 Å². The zero-order valence-electron chi connectivity index (χ0n) is 7.29. The molecule has 0 saturated heterocycles. The monoisotopic (exact) mass is 172 g/mol. The van der Waals surface area contributed by atoms with Crippen molar-refractivity contribution in [1.29, 1.82) is 0 Å². The minimum atomic E-state index is -0.278. The van der Waals surface area contributed by atoms with Gasteiger partial charge in [-0.3, -0.25) is 9.79 Å². The highest BCUT2D eigenvalue weighted by atomic mass is 16.1. The van der Waals surface area contributed by atoms with Crippen LogP contribution in [-0.4, -0.2) is 18.4 Å². The second-order valence-electron chi connectivity index (χ2n) is 2.75. The molecule has 1 atom stereocenters. The molecule has 0 aliphatic heterocycles. The average Bonchev–Trinajstić information content (AvgIpc) is 1.97. The molecule has 0 spiro atoms. The molecule has 0 rings (SSSR count). The van der Waals surface area contributed by atoms with Crippen molar-refractivity contribution in [2.75, 3.05) is 6.54 Å². The minimum Gasteiger partial charge on any atom is -0.370 e. The number of rotatable bonds is 5. The molecule has 0 fully saturated rings. The molecule has 0 saturated carbocycles. The van der Waals surface area contributed by atoms with Crippen molar-refractivity contribution in [3.05, 3.63) is 0 Å². The number of primary amides is 1. The van der Waals surface area contributed by atoms with Crippen LogP contribution < -0.4 is 17.2 Å². The number of carbonyl (C=O) groups excluding carboxylic acids is 1. The average molecular weight is 172 g/mol. The minimum absolute atomic E-state index is 0.0849. The third kappa shape index (κ3) is 5.52. The first-order valence-electron chi connectivity index (χ1n) is 3.88. The van der Waals surface area contributed by atoms with E-state index in [-0.39, 0.29) is 17.8 Å². The van der Waals surface area contributed by atoms with Crippen molar-refractivity contribution >= 4 is 11.9 Å². The highest BCUT2D eigenvalue weighted by Crippen LogP contribution is 2.03. The summed E-state index contributed by atoms with van der Waals surface area (Å²) in [6.45, 7) is 2.35. The quantitative estimate of drug-likeness (QED) is 0.286. The largest absolute Gasteiger partial charge is 0.370 e. The summed E-state index contributed by atoms with van der Waals surface area (Å²) in [7, 11) is 0. The van der Waals surface area contributed by atoms with Crippen LogP contribution in [0.5, 0.6) is 0 Å². The van der Waals surface area contributed by atoms with E-state index in [0.29, 0.717) is 6.54 Å². The fourth-order valence-corrected chi connectivity index (χ4v) is 0.748. The first-order chi connectivity index (χ1) is 5.54. The Morgan fingerprint density at radius 2 is 2.00 bits per heavy atom. The van der Waals surface area contributed by atoms with Crippen LogP contribution >= 0.6 is 0 Å². The summed E-state index contributed by atoms with van der Waals surface area (Å²) in [5, 5.41) is 0. The van der Waals surface area contributed by atoms with Crippen molar-refractivity contribution in [2.45, 2.75) is 19.8 Å². The smallest absolute Gasteiger partial charge is 0.220 e. The summed E-state index contributed by atoms with van der Waals surface area (Å²) in [5.74, 6) is -0.291. The summed E-state index contributed by atoms with van der Waals surface area (Å²) in [5.41, 5.74) is 15.3. The zero-order chi connectivity index (χ0) is 9.56. The van der Waals surface area contributed by atoms with Gasteiger partial charge in [0.15, 0.2) is 5.96 Å². The molecule has 0 aliphatic rings. The highest BCUT2D eigenvalue weighted by Gasteiger charge is 2.06. The van der Waals surface area contributed by atoms with Gasteiger partial charge in [0.2, 0.25) is 5.91 Å². The van der Waals surface area contributed by atoms with Crippen LogP contribution in [0.1, 0.15) is 19.8 Å². The number of nitrogens with zero attached hydrogens (tertiary/aromatic N) is 1. The Bertz CT molecular complexity index is 174. The van der Waals surface area contributed by atoms with Gasteiger partial charge in [-0.05, 0) is 12.8 Å². The van der Waals surface area contributed by atoms with E-state index >= 15 is 0 Å². The van der Waals surface area contributed by atoms with Crippen LogP contribution in [0.25, 0.3) is 0 Å². The SMILES string of the molecule is C[C@@H](CCCN=C(N)N)C(N)=O. The van der Waals surface area contributed by atoms with Crippen molar-refractivity contribution in [3.63, 3.8) is 0 Å². The van der Waals surface area contributed by atoms with Gasteiger partial charge in [-0.15, -0.1) is 0 Å². The lowest BCUT2D eigenvalue weighted by molar-refractivity contribution is -0.121. The van der Waals surface area contributed by atoms with Crippen LogP contribution in [0.3, 0.4) is 0 Å². The molecule has 0 aliphatic carbocycles. The van der Waals surface area contributed by atoms with E-state index in [0.717, 1.165) is 12.8 Å². The van der Waals surface area contributed by atoms with Crippen molar-refractivity contribution in [1.82, 2.24) is 0 Å². The van der Waals surface area contributed by atoms with Crippen LogP contribution in [0.15, 0.2) is 4.99 Å². The fourth-order valence-electron chi connectivity index (χ4n) is 0.748. The summed E-state index contributed by atoms with van der Waals surface area (Å²) in [4.78, 5) is 14.3. The van der Waals surface area contributed by atoms with Gasteiger partial charge >= 0.3 is 0 Å². The molecule has 0 unspecified atom stereocenters. The van der Waals surface area contributed by atoms with E-state index in [1.54, 1.807) is 6.92 Å². The third-order valence-electron chi connectivity index (χ3n) is 1.58. The maximum Gasteiger partial charge on any atom is 0.220 e. The van der Waals surface area contributed by atoms with E-state index in [4.69, 9.17) is 17.2 Å². The van der Waals surface area contributed by atoms with Crippen LogP contribution in [0.2, 0.25) is 0 Å². The molecule has 0 radical (unpaired) electrons. The van der Waals surface area contributed by atoms with Gasteiger partial charge in [-0.25, -0.2) is 0 Å². The molecule has 12 heavy (non-hydrogen) atoms. The van der Waals surface area contributed by atoms with Crippen molar-refractivity contribution in [3.8, 4) is 0 Å². The topological polar surface area (TPSA) is 107 Å². The number of aliphatic imine (C=N–C) groups is 1. The predicted molar refractivity (Wildman–Crippen MR) is 48.3 cm³/mol. The second kappa shape index (κ2) is 5.40. The van der Waals surface area contributed by atoms with Gasteiger partial charge in [-0.1, -0.05) is 6.92 Å². The molecule has 0 heterocycles. The molecular formula is C7H16N4O. The normalized spacial score (nSPS) is 12.1. The van der Waals surface area contributed by atoms with Gasteiger partial charge in [0.25, 0.3) is 0 Å². The predicted octanol–water partition coefficient (Wildman–Crippen LogP) is -0.839. The molecule has 1 amide bonds. The van der Waals surface area contributed by atoms with Gasteiger partial charge in [0, 0.05) is 12.5 Å². The third-order valence-corrected chi connectivity index (χ3v) is 1.58. The first-order valence-corrected chi connectivity index (χ1v) is 3.88. The molecule has 0 bridgehead atoms. The molecule has 6 N–H and O–H groups in total. The lowest BCUT2D eigenvalue weighted by atomic mass is 10.1. The van der Waals surface area contributed by atoms with Crippen LogP contribution in [-0.2, 0) is 4.79 Å². The Morgan fingerprint density at radius 1 is 1.42 bits per heavy atom. The molecule has 0 aromatic heterocycles. The van der Waals surface area contributed by atoms with Gasteiger partial charge < -0.3 is 17.2 Å². The van der Waals surface area contributed by atoms with E-state index < -0.39 is 0 Å². The van der Waals surface area contributed by atoms with E-state index in [1.807, 2.05) is 0 Å². The first kappa shape index (κ1) is 10.7. The molecule has 5 heteroatoms. The maximum atomic E-state index is 10.6. The zero-order valence-corrected chi connectivity index (χ0v) is 7.29. The van der Waals surface area contributed by atoms with Gasteiger partial charge in [0.05, 0.1) is 0 Å². The lowest BCUT2D eigenvalue weighted by Crippen LogP contribution is -2.23. The summed E-state index contributed by atoms with van der Waals surface area (Å²) in [6.07, 6.45) is 1.51. The van der Waals surface area contributed by atoms with Crippen molar-refractivity contribution in [2.24, 2.45) is 28.1 Å². The maximum absolute atomic E-state index is 10.6. The fraction of sp³-hybridized carbons (Fsp3) is 0.714. The van der Waals surface area contributed by atoms with E-state index in [1.165, 1.54) is 0 Å². The number of amides is 1. The molecule has 5 nitrogen and oxygen atoms in total. The highest BCUT2D eigenvalue weighted by molar-refractivity contribution is 5.76. The number of carbonyl (C=O) groups is 1. The Hall–Kier alpha value is -1.26. The Balaban J connectivity index is 3.44.